The largest absolute Gasteiger partial charge is 0.502 e. The molecule has 1 aromatic heterocycles. The summed E-state index contributed by atoms with van der Waals surface area (Å²) < 4.78 is 50.4. The van der Waals surface area contributed by atoms with E-state index in [4.69, 9.17) is 9.47 Å². The van der Waals surface area contributed by atoms with Crippen LogP contribution in [0, 0.1) is 5.92 Å². The summed E-state index contributed by atoms with van der Waals surface area (Å²) in [4.78, 5) is 42.9. The van der Waals surface area contributed by atoms with Gasteiger partial charge in [0.1, 0.15) is 5.25 Å². The van der Waals surface area contributed by atoms with Crippen LogP contribution >= 0.6 is 23.1 Å². The average Bonchev–Trinajstić information content (AvgIpc) is 3.33. The number of aromatic nitrogens is 1. The number of thiazole rings is 1. The molecule has 1 saturated heterocycles. The first-order valence-electron chi connectivity index (χ1n) is 10.4. The highest BCUT2D eigenvalue weighted by atomic mass is 32.2. The van der Waals surface area contributed by atoms with Crippen LogP contribution in [0.15, 0.2) is 46.2 Å². The van der Waals surface area contributed by atoms with E-state index in [2.05, 4.69) is 4.98 Å². The minimum atomic E-state index is -4.66. The summed E-state index contributed by atoms with van der Waals surface area (Å²) in [6, 6.07) is 6.98. The van der Waals surface area contributed by atoms with Crippen LogP contribution in [0.25, 0.3) is 0 Å². The summed E-state index contributed by atoms with van der Waals surface area (Å²) in [5, 5.41) is 9.74. The average molecular weight is 539 g/mol. The van der Waals surface area contributed by atoms with Crippen LogP contribution in [0.5, 0.6) is 17.2 Å². The Bertz CT molecular complexity index is 1430. The first kappa shape index (κ1) is 24.3. The number of amides is 2. The molecule has 0 radical (unpaired) electrons. The third-order valence-electron chi connectivity index (χ3n) is 6.12. The summed E-state index contributed by atoms with van der Waals surface area (Å²) >= 11 is 1.87. The number of fused-ring (bicyclic) bond motifs is 2. The fourth-order valence-corrected chi connectivity index (χ4v) is 7.06. The number of halogens is 3. The van der Waals surface area contributed by atoms with Crippen LogP contribution in [0.1, 0.15) is 21.9 Å². The third kappa shape index (κ3) is 3.73. The lowest BCUT2D eigenvalue weighted by Crippen LogP contribution is -2.32. The molecule has 0 spiro atoms. The number of phenols is 1. The number of ether oxygens (including phenoxy) is 2. The number of alkyl halides is 3. The van der Waals surface area contributed by atoms with Gasteiger partial charge in [0.15, 0.2) is 11.5 Å². The fourth-order valence-electron chi connectivity index (χ4n) is 4.55. The number of thioether (sulfide) groups is 1. The molecule has 2 unspecified atom stereocenters. The van der Waals surface area contributed by atoms with E-state index >= 15 is 0 Å². The van der Waals surface area contributed by atoms with Crippen LogP contribution in [0.4, 0.5) is 18.9 Å². The van der Waals surface area contributed by atoms with Gasteiger partial charge in [-0.15, -0.1) is 0 Å². The molecule has 3 heterocycles. The number of hydrogen-bond acceptors (Lipinski definition) is 8. The smallest absolute Gasteiger partial charge is 0.416 e. The molecule has 3 atom stereocenters. The van der Waals surface area contributed by atoms with Crippen molar-refractivity contribution < 1.29 is 37.3 Å². The Morgan fingerprint density at radius 2 is 1.69 bits per heavy atom. The van der Waals surface area contributed by atoms with Crippen molar-refractivity contribution in [2.75, 3.05) is 19.1 Å². The minimum absolute atomic E-state index is 0.0510. The molecule has 188 valence electrons. The number of hydrogen-bond donors (Lipinski definition) is 2. The highest BCUT2D eigenvalue weighted by molar-refractivity contribution is 8.00. The molecule has 3 aromatic rings. The van der Waals surface area contributed by atoms with Crippen LogP contribution < -0.4 is 19.2 Å². The molecular weight excluding hydrogens is 521 g/mol. The maximum atomic E-state index is 13.7. The van der Waals surface area contributed by atoms with Gasteiger partial charge in [-0.2, -0.15) is 13.2 Å². The zero-order chi connectivity index (χ0) is 25.9. The predicted octanol–water partition coefficient (Wildman–Crippen LogP) is 3.97. The number of methoxy groups -OCH3 is 2. The molecule has 1 fully saturated rings. The molecular formula is C23H17F3N2O6S2. The molecule has 36 heavy (non-hydrogen) atoms. The van der Waals surface area contributed by atoms with E-state index in [1.807, 2.05) is 0 Å². The van der Waals surface area contributed by atoms with Gasteiger partial charge in [-0.1, -0.05) is 29.2 Å². The zero-order valence-electron chi connectivity index (χ0n) is 18.6. The molecule has 5 rings (SSSR count). The second kappa shape index (κ2) is 8.59. The summed E-state index contributed by atoms with van der Waals surface area (Å²) in [5.74, 6) is -3.41. The number of phenolic OH excluding ortho intramolecular Hbond substituents is 1. The summed E-state index contributed by atoms with van der Waals surface area (Å²) in [7, 11) is 2.66. The second-order valence-corrected chi connectivity index (χ2v) is 10.3. The Labute approximate surface area is 209 Å². The number of aromatic amines is 1. The lowest BCUT2D eigenvalue weighted by Gasteiger charge is -2.30. The second-order valence-electron chi connectivity index (χ2n) is 8.08. The van der Waals surface area contributed by atoms with Crippen molar-refractivity contribution in [1.82, 2.24) is 4.98 Å². The standard InChI is InChI=1S/C23H17F3N2O6S2/c1-33-12-6-9(7-13(34-2)16(12)29)14-15-18(35-19-17(14)36-22(32)27-19)21(31)28(20(15)30)11-5-3-4-10(8-11)23(24,25)26/h3-8,14-15,18,29H,1-2H3,(H,27,32)/t14-,15?,18?/m1/s1. The molecule has 2 N–H and O–H groups in total. The lowest BCUT2D eigenvalue weighted by molar-refractivity contribution is -0.137. The molecule has 2 aromatic carbocycles. The van der Waals surface area contributed by atoms with E-state index < -0.39 is 40.6 Å². The predicted molar refractivity (Wildman–Crippen MR) is 125 cm³/mol. The fraction of sp³-hybridized carbons (Fsp3) is 0.261. The normalized spacial score (nSPS) is 21.4. The van der Waals surface area contributed by atoms with Gasteiger partial charge in [0.05, 0.1) is 36.4 Å². The molecule has 0 aliphatic carbocycles. The van der Waals surface area contributed by atoms with Crippen molar-refractivity contribution in [3.63, 3.8) is 0 Å². The monoisotopic (exact) mass is 538 g/mol. The van der Waals surface area contributed by atoms with Gasteiger partial charge in [-0.3, -0.25) is 14.4 Å². The maximum absolute atomic E-state index is 13.7. The van der Waals surface area contributed by atoms with E-state index in [0.717, 1.165) is 46.2 Å². The van der Waals surface area contributed by atoms with Crippen molar-refractivity contribution in [2.45, 2.75) is 22.4 Å². The van der Waals surface area contributed by atoms with Crippen LogP contribution in [0.2, 0.25) is 0 Å². The van der Waals surface area contributed by atoms with Gasteiger partial charge in [-0.25, -0.2) is 4.90 Å². The summed E-state index contributed by atoms with van der Waals surface area (Å²) in [5.41, 5.74) is -0.747. The minimum Gasteiger partial charge on any atom is -0.502 e. The Morgan fingerprint density at radius 1 is 1.03 bits per heavy atom. The van der Waals surface area contributed by atoms with Gasteiger partial charge in [0, 0.05) is 10.8 Å². The Morgan fingerprint density at radius 3 is 2.31 bits per heavy atom. The molecule has 0 bridgehead atoms. The molecule has 8 nitrogen and oxygen atoms in total. The lowest BCUT2D eigenvalue weighted by atomic mass is 9.83. The number of carbonyl (C=O) groups is 2. The van der Waals surface area contributed by atoms with Crippen LogP contribution in [0.3, 0.4) is 0 Å². The van der Waals surface area contributed by atoms with E-state index in [1.165, 1.54) is 32.4 Å². The van der Waals surface area contributed by atoms with E-state index in [0.29, 0.717) is 15.5 Å². The van der Waals surface area contributed by atoms with Gasteiger partial charge in [-0.05, 0) is 35.9 Å². The summed E-state index contributed by atoms with van der Waals surface area (Å²) in [6.45, 7) is 0. The Hall–Kier alpha value is -3.45. The summed E-state index contributed by atoms with van der Waals surface area (Å²) in [6.07, 6.45) is -4.66. The third-order valence-corrected chi connectivity index (χ3v) is 8.52. The number of nitrogens with zero attached hydrogens (tertiary/aromatic N) is 1. The number of imide groups is 1. The zero-order valence-corrected chi connectivity index (χ0v) is 20.2. The topological polar surface area (TPSA) is 109 Å². The highest BCUT2D eigenvalue weighted by Gasteiger charge is 2.56. The van der Waals surface area contributed by atoms with Crippen LogP contribution in [-0.2, 0) is 15.8 Å². The van der Waals surface area contributed by atoms with Crippen molar-refractivity contribution in [2.24, 2.45) is 5.92 Å². The highest BCUT2D eigenvalue weighted by Crippen LogP contribution is 2.54. The quantitative estimate of drug-likeness (QED) is 0.484. The number of rotatable bonds is 4. The SMILES string of the molecule is COc1cc([C@H]2c3sc(=O)[nH]c3SC3C(=O)N(c4cccc(C(F)(F)F)c4)C(=O)C32)cc(OC)c1O. The van der Waals surface area contributed by atoms with Gasteiger partial charge < -0.3 is 19.6 Å². The Kier molecular flexibility index (Phi) is 5.79. The van der Waals surface area contributed by atoms with Crippen molar-refractivity contribution in [1.29, 1.82) is 0 Å². The van der Waals surface area contributed by atoms with Crippen LogP contribution in [-0.4, -0.2) is 41.4 Å². The van der Waals surface area contributed by atoms with Gasteiger partial charge >= 0.3 is 11.0 Å². The van der Waals surface area contributed by atoms with E-state index in [1.54, 1.807) is 0 Å². The van der Waals surface area contributed by atoms with Gasteiger partial charge in [0.25, 0.3) is 0 Å². The van der Waals surface area contributed by atoms with E-state index in [9.17, 15) is 32.7 Å². The molecule has 0 saturated carbocycles. The number of carbonyl (C=O) groups excluding carboxylic acids is 2. The first-order chi connectivity index (χ1) is 17.0. The van der Waals surface area contributed by atoms with Crippen molar-refractivity contribution in [3.05, 3.63) is 62.1 Å². The molecule has 2 aliphatic rings. The van der Waals surface area contributed by atoms with E-state index in [-0.39, 0.29) is 27.8 Å². The number of nitrogens with one attached hydrogen (secondary N) is 1. The first-order valence-corrected chi connectivity index (χ1v) is 12.1. The van der Waals surface area contributed by atoms with Crippen molar-refractivity contribution >= 4 is 40.6 Å². The van der Waals surface area contributed by atoms with Crippen molar-refractivity contribution in [3.8, 4) is 17.2 Å². The number of anilines is 1. The number of benzene rings is 2. The number of aromatic hydroxyl groups is 1. The van der Waals surface area contributed by atoms with Gasteiger partial charge in [0.2, 0.25) is 17.6 Å². The number of H-pyrrole nitrogens is 1. The molecule has 13 heteroatoms. The molecule has 2 aliphatic heterocycles. The Balaban J connectivity index is 1.66. The maximum Gasteiger partial charge on any atom is 0.416 e. The molecule has 2 amide bonds.